The Morgan fingerprint density at radius 3 is 2.52 bits per heavy atom. The molecule has 5 rings (SSSR count). The largest absolute Gasteiger partial charge is 0.483 e. The zero-order valence-electron chi connectivity index (χ0n) is 25.7. The molecule has 258 valence electrons. The Labute approximate surface area is 270 Å². The minimum atomic E-state index is -4.88. The zero-order chi connectivity index (χ0) is 35.0. The third kappa shape index (κ3) is 8.61. The maximum absolute atomic E-state index is 13.7. The Hall–Kier alpha value is -5.13. The molecule has 3 aromatic heterocycles. The van der Waals surface area contributed by atoms with E-state index in [0.717, 1.165) is 11.8 Å². The molecule has 0 unspecified atom stereocenters. The van der Waals surface area contributed by atoms with Crippen molar-refractivity contribution in [2.75, 3.05) is 18.4 Å². The van der Waals surface area contributed by atoms with Crippen molar-refractivity contribution >= 4 is 35.4 Å². The highest BCUT2D eigenvalue weighted by Gasteiger charge is 2.38. The number of alkyl halides is 5. The molecule has 48 heavy (non-hydrogen) atoms. The van der Waals surface area contributed by atoms with Crippen LogP contribution in [0.4, 0.5) is 33.5 Å². The number of anilines is 2. The number of amides is 2. The number of hydrogen-bond donors (Lipinski definition) is 5. The second-order valence-electron chi connectivity index (χ2n) is 10.9. The van der Waals surface area contributed by atoms with E-state index in [1.54, 1.807) is 18.2 Å². The van der Waals surface area contributed by atoms with Gasteiger partial charge in [0, 0.05) is 54.9 Å². The number of halogens is 5. The molecule has 0 saturated heterocycles. The molecule has 4 aromatic rings. The number of hydrogen-bond acceptors (Lipinski definition) is 8. The number of nitrogens with zero attached hydrogens (tertiary/aromatic N) is 5. The van der Waals surface area contributed by atoms with Crippen molar-refractivity contribution in [1.29, 1.82) is 0 Å². The summed E-state index contributed by atoms with van der Waals surface area (Å²) < 4.78 is 68.9. The van der Waals surface area contributed by atoms with Crippen LogP contribution >= 0.6 is 0 Å². The molecule has 2 amide bonds. The van der Waals surface area contributed by atoms with Crippen LogP contribution in [-0.4, -0.2) is 73.1 Å². The summed E-state index contributed by atoms with van der Waals surface area (Å²) in [6.07, 6.45) is -0.386. The Balaban J connectivity index is 0.00000167. The van der Waals surface area contributed by atoms with Crippen LogP contribution in [0.25, 0.3) is 16.9 Å². The highest BCUT2D eigenvalue weighted by atomic mass is 19.4. The molecule has 1 aliphatic carbocycles. The average Bonchev–Trinajstić information content (AvgIpc) is 3.64. The van der Waals surface area contributed by atoms with E-state index in [2.05, 4.69) is 31.0 Å². The normalized spacial score (nSPS) is 15.8. The fourth-order valence-electron chi connectivity index (χ4n) is 5.20. The molecule has 18 heteroatoms. The number of carbonyl (C=O) groups excluding carboxylic acids is 2. The second kappa shape index (κ2) is 15.6. The highest BCUT2D eigenvalue weighted by molar-refractivity contribution is 5.96. The van der Waals surface area contributed by atoms with Crippen molar-refractivity contribution in [3.8, 4) is 11.3 Å². The van der Waals surface area contributed by atoms with E-state index in [4.69, 9.17) is 15.6 Å². The van der Waals surface area contributed by atoms with E-state index >= 15 is 0 Å². The Morgan fingerprint density at radius 2 is 1.88 bits per heavy atom. The Bertz CT molecular complexity index is 1740. The number of carboxylic acid groups (broad SMARTS) is 1. The van der Waals surface area contributed by atoms with Crippen molar-refractivity contribution in [3.05, 3.63) is 59.8 Å². The van der Waals surface area contributed by atoms with Gasteiger partial charge in [0.05, 0.1) is 17.5 Å². The van der Waals surface area contributed by atoms with Crippen molar-refractivity contribution in [2.24, 2.45) is 11.7 Å². The number of nitrogens with one attached hydrogen (secondary N) is 3. The van der Waals surface area contributed by atoms with Crippen molar-refractivity contribution < 1.29 is 41.4 Å². The van der Waals surface area contributed by atoms with Gasteiger partial charge < -0.3 is 26.8 Å². The van der Waals surface area contributed by atoms with Crippen LogP contribution in [0, 0.1) is 5.92 Å². The van der Waals surface area contributed by atoms with Gasteiger partial charge in [-0.15, -0.1) is 0 Å². The van der Waals surface area contributed by atoms with Gasteiger partial charge in [0.25, 0.3) is 18.8 Å². The van der Waals surface area contributed by atoms with E-state index in [1.165, 1.54) is 23.0 Å². The summed E-state index contributed by atoms with van der Waals surface area (Å²) >= 11 is 0. The molecule has 3 heterocycles. The van der Waals surface area contributed by atoms with Gasteiger partial charge in [-0.05, 0) is 49.4 Å². The van der Waals surface area contributed by atoms with Crippen LogP contribution in [0.15, 0.2) is 43.0 Å². The van der Waals surface area contributed by atoms with Gasteiger partial charge in [0.2, 0.25) is 5.91 Å². The number of aromatic nitrogens is 5. The van der Waals surface area contributed by atoms with Gasteiger partial charge in [-0.1, -0.05) is 6.92 Å². The topological polar surface area (TPSA) is 182 Å². The summed E-state index contributed by atoms with van der Waals surface area (Å²) in [5.41, 5.74) is 5.98. The SMILES string of the molecule is CCc1cc(Nc2nccn3c(-c4cn(CC(F)F)nc4C(F)(F)F)cnc23)ccc1C(=O)NCCCNC(=O)[C@H]1C[C@@H](N)C1.O=CO. The molecule has 0 radical (unpaired) electrons. The monoisotopic (exact) mass is 679 g/mol. The lowest BCUT2D eigenvalue weighted by molar-refractivity contribution is -0.141. The van der Waals surface area contributed by atoms with Crippen LogP contribution in [0.3, 0.4) is 0 Å². The standard InChI is InChI=1S/C29H32F5N9O2.CH2O2/c1-2-16-12-19(4-5-20(16)28(45)38-7-3-6-37-27(44)17-10-18(35)11-17)40-25-26-39-13-22(43(26)9-8-36-25)21-14-42(15-23(30)31)41-24(21)29(32,33)34;2-1-3/h4-5,8-9,12-14,17-18,23H,2-3,6-7,10-11,15,35H2,1H3,(H,36,40)(H,37,44)(H,38,45);1H,(H,2,3)/t17-,18+;. The molecule has 0 spiro atoms. The number of carbonyl (C=O) groups is 3. The van der Waals surface area contributed by atoms with Crippen LogP contribution in [0.5, 0.6) is 0 Å². The molecular weight excluding hydrogens is 645 g/mol. The lowest BCUT2D eigenvalue weighted by Gasteiger charge is -2.31. The maximum atomic E-state index is 13.7. The molecule has 1 fully saturated rings. The summed E-state index contributed by atoms with van der Waals surface area (Å²) in [6.45, 7) is 1.47. The minimum Gasteiger partial charge on any atom is -0.483 e. The second-order valence-corrected chi connectivity index (χ2v) is 10.9. The summed E-state index contributed by atoms with van der Waals surface area (Å²) in [7, 11) is 0. The van der Waals surface area contributed by atoms with Crippen LogP contribution in [-0.2, 0) is 28.7 Å². The van der Waals surface area contributed by atoms with E-state index in [9.17, 15) is 31.5 Å². The highest BCUT2D eigenvalue weighted by Crippen LogP contribution is 2.37. The van der Waals surface area contributed by atoms with E-state index in [-0.39, 0.29) is 47.4 Å². The zero-order valence-corrected chi connectivity index (χ0v) is 25.7. The van der Waals surface area contributed by atoms with Gasteiger partial charge in [0.1, 0.15) is 6.54 Å². The summed E-state index contributed by atoms with van der Waals surface area (Å²) in [6, 6.07) is 5.19. The number of fused-ring (bicyclic) bond motifs is 1. The molecule has 1 saturated carbocycles. The van der Waals surface area contributed by atoms with Crippen molar-refractivity contribution in [1.82, 2.24) is 34.8 Å². The summed E-state index contributed by atoms with van der Waals surface area (Å²) in [5, 5.41) is 19.1. The first-order chi connectivity index (χ1) is 22.9. The van der Waals surface area contributed by atoms with Gasteiger partial charge in [-0.25, -0.2) is 18.7 Å². The van der Waals surface area contributed by atoms with Gasteiger partial charge in [-0.2, -0.15) is 18.3 Å². The van der Waals surface area contributed by atoms with Gasteiger partial charge in [-0.3, -0.25) is 23.5 Å². The van der Waals surface area contributed by atoms with E-state index < -0.39 is 30.4 Å². The van der Waals surface area contributed by atoms with Crippen LogP contribution in [0.2, 0.25) is 0 Å². The minimum absolute atomic E-state index is 0.00337. The quantitative estimate of drug-likeness (QED) is 0.0844. The number of aryl methyl sites for hydroxylation is 1. The number of imidazole rings is 1. The predicted octanol–water partition coefficient (Wildman–Crippen LogP) is 3.86. The first-order valence-corrected chi connectivity index (χ1v) is 14.9. The van der Waals surface area contributed by atoms with Crippen LogP contribution < -0.4 is 21.7 Å². The number of nitrogens with two attached hydrogens (primary N) is 1. The van der Waals surface area contributed by atoms with E-state index in [1.807, 2.05) is 6.92 Å². The van der Waals surface area contributed by atoms with Gasteiger partial charge >= 0.3 is 6.18 Å². The maximum Gasteiger partial charge on any atom is 0.435 e. The first-order valence-electron chi connectivity index (χ1n) is 14.9. The molecule has 1 aliphatic rings. The van der Waals surface area contributed by atoms with Crippen molar-refractivity contribution in [2.45, 2.75) is 57.8 Å². The molecule has 13 nitrogen and oxygen atoms in total. The Morgan fingerprint density at radius 1 is 1.17 bits per heavy atom. The molecular formula is C30H34F5N9O4. The van der Waals surface area contributed by atoms with Gasteiger partial charge in [0.15, 0.2) is 17.2 Å². The molecule has 0 bridgehead atoms. The van der Waals surface area contributed by atoms with Crippen LogP contribution in [0.1, 0.15) is 47.8 Å². The molecule has 1 aromatic carbocycles. The van der Waals surface area contributed by atoms with E-state index in [0.29, 0.717) is 54.7 Å². The number of benzene rings is 1. The molecule has 0 atom stereocenters. The Kier molecular flexibility index (Phi) is 11.6. The lowest BCUT2D eigenvalue weighted by atomic mass is 9.80. The van der Waals surface area contributed by atoms with Crippen molar-refractivity contribution in [3.63, 3.8) is 0 Å². The number of rotatable bonds is 12. The summed E-state index contributed by atoms with van der Waals surface area (Å²) in [5.74, 6) is -0.0785. The third-order valence-electron chi connectivity index (χ3n) is 7.54. The summed E-state index contributed by atoms with van der Waals surface area (Å²) in [4.78, 5) is 41.8. The molecule has 0 aliphatic heterocycles. The first kappa shape index (κ1) is 35.7. The fourth-order valence-corrected chi connectivity index (χ4v) is 5.20. The third-order valence-corrected chi connectivity index (χ3v) is 7.54. The average molecular weight is 680 g/mol. The smallest absolute Gasteiger partial charge is 0.435 e. The predicted molar refractivity (Wildman–Crippen MR) is 164 cm³/mol. The lowest BCUT2D eigenvalue weighted by Crippen LogP contribution is -2.45. The molecule has 6 N–H and O–H groups in total. The fraction of sp³-hybridized carbons (Fsp3) is 0.400.